The summed E-state index contributed by atoms with van der Waals surface area (Å²) in [4.78, 5) is 28.2. The number of benzene rings is 1. The van der Waals surface area contributed by atoms with E-state index < -0.39 is 5.25 Å². The molecule has 0 unspecified atom stereocenters. The maximum atomic E-state index is 12.1. The Balaban J connectivity index is 1.92. The Morgan fingerprint density at radius 1 is 1.52 bits per heavy atom. The fourth-order valence-corrected chi connectivity index (χ4v) is 3.21. The molecule has 2 N–H and O–H groups in total. The standard InChI is InChI=1S/C15H18ClN3O3S/c1-3-6-17-15-19-14(21)12(23-15)8-13(20)18-9-4-5-11(22-2)10(16)7-9/h4-5,7,12H,3,6,8H2,1-2H3,(H,18,20)(H,17,19,21)/t12-/m0/s1. The second-order valence-electron chi connectivity index (χ2n) is 4.88. The zero-order valence-corrected chi connectivity index (χ0v) is 14.5. The molecular weight excluding hydrogens is 338 g/mol. The van der Waals surface area contributed by atoms with E-state index in [0.29, 0.717) is 28.2 Å². The van der Waals surface area contributed by atoms with Crippen molar-refractivity contribution in [1.82, 2.24) is 5.32 Å². The molecule has 1 fully saturated rings. The second kappa shape index (κ2) is 8.21. The van der Waals surface area contributed by atoms with Crippen LogP contribution in [0, 0.1) is 0 Å². The summed E-state index contributed by atoms with van der Waals surface area (Å²) in [7, 11) is 1.52. The van der Waals surface area contributed by atoms with Gasteiger partial charge in [0.05, 0.1) is 12.1 Å². The Hall–Kier alpha value is -1.73. The molecule has 1 aliphatic rings. The first-order valence-corrected chi connectivity index (χ1v) is 8.44. The monoisotopic (exact) mass is 355 g/mol. The zero-order chi connectivity index (χ0) is 16.8. The average molecular weight is 356 g/mol. The van der Waals surface area contributed by atoms with E-state index in [1.807, 2.05) is 6.92 Å². The van der Waals surface area contributed by atoms with Crippen molar-refractivity contribution in [3.63, 3.8) is 0 Å². The van der Waals surface area contributed by atoms with Crippen LogP contribution >= 0.6 is 23.4 Å². The van der Waals surface area contributed by atoms with Gasteiger partial charge in [0.15, 0.2) is 5.17 Å². The van der Waals surface area contributed by atoms with Gasteiger partial charge in [-0.15, -0.1) is 0 Å². The van der Waals surface area contributed by atoms with Gasteiger partial charge in [-0.05, 0) is 24.6 Å². The average Bonchev–Trinajstić information content (AvgIpc) is 2.85. The van der Waals surface area contributed by atoms with Gasteiger partial charge in [-0.3, -0.25) is 14.6 Å². The van der Waals surface area contributed by atoms with Crippen LogP contribution in [0.4, 0.5) is 5.69 Å². The summed E-state index contributed by atoms with van der Waals surface area (Å²) in [5.41, 5.74) is 0.559. The summed E-state index contributed by atoms with van der Waals surface area (Å²) in [6.07, 6.45) is 0.981. The van der Waals surface area contributed by atoms with E-state index in [9.17, 15) is 9.59 Å². The number of rotatable bonds is 6. The van der Waals surface area contributed by atoms with Gasteiger partial charge < -0.3 is 15.4 Å². The maximum absolute atomic E-state index is 12.1. The molecule has 6 nitrogen and oxygen atoms in total. The van der Waals surface area contributed by atoms with Crippen LogP contribution in [0.3, 0.4) is 0 Å². The van der Waals surface area contributed by atoms with Crippen LogP contribution in [-0.4, -0.2) is 35.9 Å². The topological polar surface area (TPSA) is 79.8 Å². The number of nitrogens with zero attached hydrogens (tertiary/aromatic N) is 1. The first kappa shape index (κ1) is 17.6. The van der Waals surface area contributed by atoms with E-state index >= 15 is 0 Å². The minimum atomic E-state index is -0.459. The number of nitrogens with one attached hydrogen (secondary N) is 2. The van der Waals surface area contributed by atoms with Crippen molar-refractivity contribution < 1.29 is 14.3 Å². The molecule has 124 valence electrons. The molecule has 2 amide bonds. The molecule has 1 atom stereocenters. The fourth-order valence-electron chi connectivity index (χ4n) is 1.95. The summed E-state index contributed by atoms with van der Waals surface area (Å²) in [6.45, 7) is 2.67. The number of methoxy groups -OCH3 is 1. The SMILES string of the molecule is CCCN=C1NC(=O)[C@H](CC(=O)Nc2ccc(OC)c(Cl)c2)S1. The number of carbonyl (C=O) groups is 2. The van der Waals surface area contributed by atoms with Crippen LogP contribution in [0.15, 0.2) is 23.2 Å². The lowest BCUT2D eigenvalue weighted by molar-refractivity contribution is -0.122. The van der Waals surface area contributed by atoms with Crippen LogP contribution in [0.2, 0.25) is 5.02 Å². The summed E-state index contributed by atoms with van der Waals surface area (Å²) in [6, 6.07) is 4.97. The molecule has 1 aromatic carbocycles. The van der Waals surface area contributed by atoms with Gasteiger partial charge in [-0.1, -0.05) is 30.3 Å². The van der Waals surface area contributed by atoms with E-state index in [-0.39, 0.29) is 18.2 Å². The van der Waals surface area contributed by atoms with Gasteiger partial charge in [0.25, 0.3) is 0 Å². The number of carbonyl (C=O) groups excluding carboxylic acids is 2. The summed E-state index contributed by atoms with van der Waals surface area (Å²) >= 11 is 7.30. The van der Waals surface area contributed by atoms with Crippen molar-refractivity contribution >= 4 is 46.0 Å². The Morgan fingerprint density at radius 3 is 2.96 bits per heavy atom. The summed E-state index contributed by atoms with van der Waals surface area (Å²) in [5.74, 6) is 0.0931. The predicted molar refractivity (Wildman–Crippen MR) is 93.4 cm³/mol. The Kier molecular flexibility index (Phi) is 6.29. The van der Waals surface area contributed by atoms with E-state index in [0.717, 1.165) is 6.42 Å². The smallest absolute Gasteiger partial charge is 0.240 e. The third kappa shape index (κ3) is 4.87. The van der Waals surface area contributed by atoms with Crippen LogP contribution in [0.1, 0.15) is 19.8 Å². The summed E-state index contributed by atoms with van der Waals surface area (Å²) < 4.78 is 5.06. The van der Waals surface area contributed by atoms with Crippen molar-refractivity contribution in [2.45, 2.75) is 25.0 Å². The molecule has 1 aliphatic heterocycles. The minimum absolute atomic E-state index is 0.0747. The van der Waals surface area contributed by atoms with Crippen LogP contribution in [-0.2, 0) is 9.59 Å². The maximum Gasteiger partial charge on any atom is 0.240 e. The van der Waals surface area contributed by atoms with Crippen molar-refractivity contribution in [3.8, 4) is 5.75 Å². The molecule has 0 bridgehead atoms. The Morgan fingerprint density at radius 2 is 2.30 bits per heavy atom. The number of hydrogen-bond donors (Lipinski definition) is 2. The van der Waals surface area contributed by atoms with Crippen molar-refractivity contribution in [1.29, 1.82) is 0 Å². The lowest BCUT2D eigenvalue weighted by Gasteiger charge is -2.09. The van der Waals surface area contributed by atoms with Gasteiger partial charge in [0.1, 0.15) is 11.0 Å². The molecule has 1 saturated heterocycles. The fraction of sp³-hybridized carbons (Fsp3) is 0.400. The van der Waals surface area contributed by atoms with Crippen LogP contribution in [0.5, 0.6) is 5.75 Å². The molecule has 0 aromatic heterocycles. The largest absolute Gasteiger partial charge is 0.495 e. The van der Waals surface area contributed by atoms with Gasteiger partial charge in [-0.2, -0.15) is 0 Å². The summed E-state index contributed by atoms with van der Waals surface area (Å²) in [5, 5.41) is 5.95. The first-order valence-electron chi connectivity index (χ1n) is 7.18. The van der Waals surface area contributed by atoms with Gasteiger partial charge in [-0.25, -0.2) is 0 Å². The molecule has 0 radical (unpaired) electrons. The molecule has 0 spiro atoms. The van der Waals surface area contributed by atoms with Crippen molar-refractivity contribution in [2.24, 2.45) is 4.99 Å². The van der Waals surface area contributed by atoms with Gasteiger partial charge in [0, 0.05) is 18.7 Å². The third-order valence-electron chi connectivity index (χ3n) is 3.06. The highest BCUT2D eigenvalue weighted by molar-refractivity contribution is 8.15. The van der Waals surface area contributed by atoms with E-state index in [4.69, 9.17) is 16.3 Å². The number of halogens is 1. The molecule has 0 aliphatic carbocycles. The number of anilines is 1. The molecule has 1 aromatic rings. The van der Waals surface area contributed by atoms with Gasteiger partial charge in [0.2, 0.25) is 11.8 Å². The number of hydrogen-bond acceptors (Lipinski definition) is 5. The molecule has 8 heteroatoms. The number of ether oxygens (including phenoxy) is 1. The highest BCUT2D eigenvalue weighted by Gasteiger charge is 2.31. The predicted octanol–water partition coefficient (Wildman–Crippen LogP) is 2.67. The molecule has 0 saturated carbocycles. The Bertz CT molecular complexity index is 636. The number of amides is 2. The lowest BCUT2D eigenvalue weighted by Crippen LogP contribution is -2.28. The zero-order valence-electron chi connectivity index (χ0n) is 12.9. The van der Waals surface area contributed by atoms with E-state index in [1.54, 1.807) is 18.2 Å². The molecular formula is C15H18ClN3O3S. The number of amidine groups is 1. The highest BCUT2D eigenvalue weighted by Crippen LogP contribution is 2.28. The highest BCUT2D eigenvalue weighted by atomic mass is 35.5. The number of aliphatic imine (C=N–C) groups is 1. The quantitative estimate of drug-likeness (QED) is 0.822. The Labute approximate surface area is 144 Å². The number of thioether (sulfide) groups is 1. The van der Waals surface area contributed by atoms with Gasteiger partial charge >= 0.3 is 0 Å². The second-order valence-corrected chi connectivity index (χ2v) is 6.48. The van der Waals surface area contributed by atoms with Crippen LogP contribution in [0.25, 0.3) is 0 Å². The lowest BCUT2D eigenvalue weighted by atomic mass is 10.2. The van der Waals surface area contributed by atoms with E-state index in [2.05, 4.69) is 15.6 Å². The minimum Gasteiger partial charge on any atom is -0.495 e. The van der Waals surface area contributed by atoms with Crippen LogP contribution < -0.4 is 15.4 Å². The normalized spacial score (nSPS) is 18.8. The van der Waals surface area contributed by atoms with E-state index in [1.165, 1.54) is 18.9 Å². The molecule has 2 rings (SSSR count). The third-order valence-corrected chi connectivity index (χ3v) is 4.48. The first-order chi connectivity index (χ1) is 11.0. The molecule has 23 heavy (non-hydrogen) atoms. The van der Waals surface area contributed by atoms with Crippen molar-refractivity contribution in [3.05, 3.63) is 23.2 Å². The van der Waals surface area contributed by atoms with Crippen molar-refractivity contribution in [2.75, 3.05) is 19.0 Å². The molecule has 1 heterocycles.